The minimum Gasteiger partial charge on any atom is -0.348 e. The van der Waals surface area contributed by atoms with Crippen LogP contribution in [0.1, 0.15) is 21.5 Å². The van der Waals surface area contributed by atoms with E-state index in [1.54, 1.807) is 0 Å². The maximum Gasteiger partial charge on any atom is 0.447 e. The van der Waals surface area contributed by atoms with Crippen molar-refractivity contribution in [1.29, 1.82) is 0 Å². The van der Waals surface area contributed by atoms with Crippen LogP contribution < -0.4 is 5.32 Å². The smallest absolute Gasteiger partial charge is 0.348 e. The monoisotopic (exact) mass is 398 g/mol. The number of nitrogens with zero attached hydrogens (tertiary/aromatic N) is 1. The molecule has 140 valence electrons. The number of pyridine rings is 1. The van der Waals surface area contributed by atoms with Crippen molar-refractivity contribution in [3.63, 3.8) is 0 Å². The van der Waals surface area contributed by atoms with Gasteiger partial charge in [0.05, 0.1) is 11.1 Å². The van der Waals surface area contributed by atoms with Crippen LogP contribution >= 0.6 is 11.8 Å². The second kappa shape index (κ2) is 7.52. The van der Waals surface area contributed by atoms with Gasteiger partial charge in [0.1, 0.15) is 10.8 Å². The summed E-state index contributed by atoms with van der Waals surface area (Å²) in [5.41, 5.74) is -6.84. The fourth-order valence-electron chi connectivity index (χ4n) is 1.99. The average Bonchev–Trinajstić information content (AvgIpc) is 2.51. The molecule has 0 saturated heterocycles. The third-order valence-electron chi connectivity index (χ3n) is 3.04. The lowest BCUT2D eigenvalue weighted by Crippen LogP contribution is -2.25. The van der Waals surface area contributed by atoms with Crippen molar-refractivity contribution in [2.24, 2.45) is 0 Å². The van der Waals surface area contributed by atoms with E-state index in [-0.39, 0.29) is 6.07 Å². The van der Waals surface area contributed by atoms with E-state index in [1.807, 2.05) is 0 Å². The van der Waals surface area contributed by atoms with Gasteiger partial charge in [0, 0.05) is 24.5 Å². The third-order valence-corrected chi connectivity index (χ3v) is 3.80. The van der Waals surface area contributed by atoms with E-state index in [0.29, 0.717) is 0 Å². The van der Waals surface area contributed by atoms with E-state index >= 15 is 0 Å². The Bertz CT molecular complexity index is 805. The van der Waals surface area contributed by atoms with Gasteiger partial charge in [0.2, 0.25) is 0 Å². The van der Waals surface area contributed by atoms with Crippen molar-refractivity contribution in [1.82, 2.24) is 10.3 Å². The number of halogens is 7. The number of nitrogens with one attached hydrogen (secondary N) is 1. The zero-order valence-corrected chi connectivity index (χ0v) is 13.4. The Morgan fingerprint density at radius 2 is 1.81 bits per heavy atom. The van der Waals surface area contributed by atoms with Crippen LogP contribution in [0.15, 0.2) is 41.6 Å². The highest BCUT2D eigenvalue weighted by Crippen LogP contribution is 2.37. The maximum atomic E-state index is 13.0. The molecule has 0 aliphatic rings. The first kappa shape index (κ1) is 20.0. The van der Waals surface area contributed by atoms with Crippen LogP contribution in [0.25, 0.3) is 0 Å². The zero-order valence-electron chi connectivity index (χ0n) is 12.6. The highest BCUT2D eigenvalue weighted by molar-refractivity contribution is 8.00. The van der Waals surface area contributed by atoms with Crippen LogP contribution in [0, 0.1) is 5.82 Å². The van der Waals surface area contributed by atoms with Crippen LogP contribution in [-0.4, -0.2) is 16.4 Å². The van der Waals surface area contributed by atoms with Crippen LogP contribution in [-0.2, 0) is 12.7 Å². The molecular formula is C15H9F7N2OS. The lowest BCUT2D eigenvalue weighted by molar-refractivity contribution is -0.138. The van der Waals surface area contributed by atoms with Gasteiger partial charge in [-0.15, -0.1) is 0 Å². The third kappa shape index (κ3) is 5.35. The van der Waals surface area contributed by atoms with Gasteiger partial charge in [-0.1, -0.05) is 6.07 Å². The molecule has 0 aliphatic heterocycles. The Morgan fingerprint density at radius 3 is 2.42 bits per heavy atom. The number of carbonyl (C=O) groups is 1. The second-order valence-corrected chi connectivity index (χ2v) is 5.94. The summed E-state index contributed by atoms with van der Waals surface area (Å²) in [5.74, 6) is -2.15. The summed E-state index contributed by atoms with van der Waals surface area (Å²) in [5, 5.41) is 1.46. The highest BCUT2D eigenvalue weighted by Gasteiger charge is 2.34. The van der Waals surface area contributed by atoms with E-state index in [2.05, 4.69) is 10.3 Å². The number of aromatic nitrogens is 1. The molecule has 0 spiro atoms. The molecule has 0 radical (unpaired) electrons. The maximum absolute atomic E-state index is 13.0. The van der Waals surface area contributed by atoms with Crippen molar-refractivity contribution >= 4 is 17.7 Å². The number of hydrogen-bond donors (Lipinski definition) is 1. The second-order valence-electron chi connectivity index (χ2n) is 4.89. The Morgan fingerprint density at radius 1 is 1.12 bits per heavy atom. The number of hydrogen-bond acceptors (Lipinski definition) is 3. The molecule has 1 amide bonds. The van der Waals surface area contributed by atoms with E-state index < -0.39 is 63.4 Å². The summed E-state index contributed by atoms with van der Waals surface area (Å²) in [7, 11) is 0. The minimum absolute atomic E-state index is 0.274. The molecule has 2 aromatic rings. The van der Waals surface area contributed by atoms with Gasteiger partial charge < -0.3 is 5.32 Å². The Labute approximate surface area is 146 Å². The predicted molar refractivity (Wildman–Crippen MR) is 78.7 cm³/mol. The predicted octanol–water partition coefficient (Wildman–Crippen LogP) is 4.78. The van der Waals surface area contributed by atoms with Crippen LogP contribution in [0.5, 0.6) is 0 Å². The lowest BCUT2D eigenvalue weighted by Gasteiger charge is -2.14. The zero-order chi connectivity index (χ0) is 19.5. The van der Waals surface area contributed by atoms with Gasteiger partial charge in [0.25, 0.3) is 5.91 Å². The number of thioether (sulfide) groups is 1. The number of rotatable bonds is 4. The molecule has 2 rings (SSSR count). The molecule has 1 heterocycles. The van der Waals surface area contributed by atoms with Crippen molar-refractivity contribution in [2.75, 3.05) is 0 Å². The number of benzene rings is 1. The molecule has 0 unspecified atom stereocenters. The molecule has 3 nitrogen and oxygen atoms in total. The number of carbonyl (C=O) groups excluding carboxylic acids is 1. The van der Waals surface area contributed by atoms with Crippen LogP contribution in [0.2, 0.25) is 0 Å². The summed E-state index contributed by atoms with van der Waals surface area (Å²) in [6.45, 7) is -0.654. The normalized spacial score (nSPS) is 12.1. The molecule has 1 aromatic heterocycles. The van der Waals surface area contributed by atoms with Gasteiger partial charge in [-0.3, -0.25) is 4.79 Å². The van der Waals surface area contributed by atoms with Gasteiger partial charge in [0.15, 0.2) is 0 Å². The summed E-state index contributed by atoms with van der Waals surface area (Å²) >= 11 is -0.615. The molecule has 0 aliphatic carbocycles. The molecular weight excluding hydrogens is 389 g/mol. The first-order chi connectivity index (χ1) is 12.0. The minimum atomic E-state index is -4.85. The molecule has 26 heavy (non-hydrogen) atoms. The van der Waals surface area contributed by atoms with Gasteiger partial charge in [-0.05, 0) is 29.8 Å². The Balaban J connectivity index is 2.21. The van der Waals surface area contributed by atoms with Crippen molar-refractivity contribution in [2.45, 2.75) is 23.3 Å². The van der Waals surface area contributed by atoms with Crippen molar-refractivity contribution < 1.29 is 35.5 Å². The summed E-state index contributed by atoms with van der Waals surface area (Å²) < 4.78 is 89.2. The topological polar surface area (TPSA) is 42.0 Å². The molecule has 1 N–H and O–H groups in total. The highest BCUT2D eigenvalue weighted by atomic mass is 32.2. The van der Waals surface area contributed by atoms with Gasteiger partial charge in [-0.2, -0.15) is 26.3 Å². The van der Waals surface area contributed by atoms with E-state index in [1.165, 1.54) is 6.07 Å². The molecule has 0 fully saturated rings. The molecule has 0 atom stereocenters. The molecule has 11 heteroatoms. The van der Waals surface area contributed by atoms with Gasteiger partial charge in [-0.25, -0.2) is 9.37 Å². The Kier molecular flexibility index (Phi) is 5.79. The lowest BCUT2D eigenvalue weighted by atomic mass is 10.1. The van der Waals surface area contributed by atoms with E-state index in [4.69, 9.17) is 0 Å². The van der Waals surface area contributed by atoms with Crippen LogP contribution in [0.3, 0.4) is 0 Å². The van der Waals surface area contributed by atoms with E-state index in [9.17, 15) is 35.5 Å². The quantitative estimate of drug-likeness (QED) is 0.595. The molecule has 0 saturated carbocycles. The summed E-state index contributed by atoms with van der Waals surface area (Å²) in [6, 6.07) is 4.18. The first-order valence-corrected chi connectivity index (χ1v) is 7.63. The SMILES string of the molecule is O=C(NCc1ccc(F)cc1C(F)(F)F)c1cccnc1SC(F)(F)F. The number of amides is 1. The molecule has 1 aromatic carbocycles. The fourth-order valence-corrected chi connectivity index (χ4v) is 2.60. The molecule has 0 bridgehead atoms. The van der Waals surface area contributed by atoms with Crippen LogP contribution in [0.4, 0.5) is 30.7 Å². The Hall–Kier alpha value is -2.30. The van der Waals surface area contributed by atoms with Crippen molar-refractivity contribution in [3.8, 4) is 0 Å². The summed E-state index contributed by atoms with van der Waals surface area (Å²) in [4.78, 5) is 15.5. The fraction of sp³-hybridized carbons (Fsp3) is 0.200. The average molecular weight is 398 g/mol. The number of alkyl halides is 6. The standard InChI is InChI=1S/C15H9F7N2OS/c16-9-4-3-8(11(6-9)14(17,18)19)7-24-12(25)10-2-1-5-23-13(10)26-15(20,21)22/h1-6H,7H2,(H,24,25). The van der Waals surface area contributed by atoms with E-state index in [0.717, 1.165) is 24.4 Å². The first-order valence-electron chi connectivity index (χ1n) is 6.82. The van der Waals surface area contributed by atoms with Gasteiger partial charge >= 0.3 is 11.7 Å². The summed E-state index contributed by atoms with van der Waals surface area (Å²) in [6.07, 6.45) is -3.81. The largest absolute Gasteiger partial charge is 0.447 e. The van der Waals surface area contributed by atoms with Crippen molar-refractivity contribution in [3.05, 3.63) is 59.0 Å².